The molecule has 5 nitrogen and oxygen atoms in total. The fourth-order valence-electron chi connectivity index (χ4n) is 2.60. The maximum absolute atomic E-state index is 12.2. The van der Waals surface area contributed by atoms with E-state index in [2.05, 4.69) is 4.99 Å². The molecule has 3 aliphatic heterocycles. The summed E-state index contributed by atoms with van der Waals surface area (Å²) in [6, 6.07) is 8.94. The highest BCUT2D eigenvalue weighted by molar-refractivity contribution is 6.68. The van der Waals surface area contributed by atoms with Crippen LogP contribution in [0.25, 0.3) is 0 Å². The minimum atomic E-state index is -1.81. The van der Waals surface area contributed by atoms with Crippen LogP contribution in [0.2, 0.25) is 0 Å². The van der Waals surface area contributed by atoms with E-state index in [0.29, 0.717) is 5.56 Å². The number of alkyl halides is 1. The topological polar surface area (TPSA) is 65.0 Å². The Morgan fingerprint density at radius 1 is 1.43 bits per heavy atom. The van der Waals surface area contributed by atoms with E-state index in [0.717, 1.165) is 0 Å². The number of carbonyl (C=O) groups excluding carboxylic acids is 2. The number of aliphatic imine (C=N–C) groups is 1. The molecule has 3 heterocycles. The standard InChI is InChI=1S/C14H11Cl2NO4/c1-8(18)20-10-7-13(9-5-3-2-4-6-9)11(15)17-14(10,16)12(19)21-13/h2-6,10H,7H2,1H3/t10-,13+,14-/m0/s1. The number of ether oxygens (including phenoxy) is 2. The Morgan fingerprint density at radius 2 is 2.10 bits per heavy atom. The van der Waals surface area contributed by atoms with E-state index < -0.39 is 28.6 Å². The zero-order valence-electron chi connectivity index (χ0n) is 11.0. The van der Waals surface area contributed by atoms with Gasteiger partial charge in [-0.1, -0.05) is 53.5 Å². The van der Waals surface area contributed by atoms with Crippen LogP contribution < -0.4 is 0 Å². The molecule has 4 rings (SSSR count). The summed E-state index contributed by atoms with van der Waals surface area (Å²) in [7, 11) is 0. The number of carbonyl (C=O) groups is 2. The van der Waals surface area contributed by atoms with Gasteiger partial charge < -0.3 is 9.47 Å². The van der Waals surface area contributed by atoms with Crippen molar-refractivity contribution in [1.29, 1.82) is 0 Å². The molecule has 0 unspecified atom stereocenters. The maximum atomic E-state index is 12.2. The molecule has 3 atom stereocenters. The molecule has 110 valence electrons. The van der Waals surface area contributed by atoms with Crippen molar-refractivity contribution in [2.45, 2.75) is 30.0 Å². The summed E-state index contributed by atoms with van der Waals surface area (Å²) >= 11 is 12.4. The molecule has 7 heteroatoms. The molecule has 21 heavy (non-hydrogen) atoms. The minimum absolute atomic E-state index is 0.0757. The van der Waals surface area contributed by atoms with Gasteiger partial charge in [0.15, 0.2) is 16.9 Å². The van der Waals surface area contributed by atoms with Crippen LogP contribution in [0.5, 0.6) is 0 Å². The number of halogens is 2. The van der Waals surface area contributed by atoms with Crippen molar-refractivity contribution in [3.63, 3.8) is 0 Å². The van der Waals surface area contributed by atoms with Gasteiger partial charge in [0.2, 0.25) is 0 Å². The Hall–Kier alpha value is -1.59. The first-order valence-corrected chi connectivity index (χ1v) is 7.05. The summed E-state index contributed by atoms with van der Waals surface area (Å²) in [6.45, 7) is 1.24. The van der Waals surface area contributed by atoms with Gasteiger partial charge in [-0.25, -0.2) is 9.79 Å². The van der Waals surface area contributed by atoms with Crippen molar-refractivity contribution in [2.75, 3.05) is 0 Å². The van der Waals surface area contributed by atoms with E-state index in [-0.39, 0.29) is 11.6 Å². The minimum Gasteiger partial charge on any atom is -0.458 e. The van der Waals surface area contributed by atoms with Crippen molar-refractivity contribution in [3.8, 4) is 0 Å². The molecule has 1 fully saturated rings. The third kappa shape index (κ3) is 2.03. The normalized spacial score (nSPS) is 34.1. The molecule has 2 bridgehead atoms. The fraction of sp³-hybridized carbons (Fsp3) is 0.357. The highest BCUT2D eigenvalue weighted by Crippen LogP contribution is 2.50. The second-order valence-corrected chi connectivity index (χ2v) is 5.89. The van der Waals surface area contributed by atoms with E-state index in [1.54, 1.807) is 24.3 Å². The Labute approximate surface area is 130 Å². The van der Waals surface area contributed by atoms with Gasteiger partial charge in [-0.15, -0.1) is 0 Å². The molecule has 0 aliphatic carbocycles. The lowest BCUT2D eigenvalue weighted by atomic mass is 9.81. The molecule has 0 saturated carbocycles. The molecule has 1 saturated heterocycles. The molecule has 0 aromatic heterocycles. The molecule has 0 N–H and O–H groups in total. The van der Waals surface area contributed by atoms with Crippen molar-refractivity contribution in [2.24, 2.45) is 4.99 Å². The van der Waals surface area contributed by atoms with Gasteiger partial charge in [-0.3, -0.25) is 4.79 Å². The quantitative estimate of drug-likeness (QED) is 0.475. The highest BCUT2D eigenvalue weighted by atomic mass is 35.5. The summed E-state index contributed by atoms with van der Waals surface area (Å²) in [5.41, 5.74) is -0.598. The Morgan fingerprint density at radius 3 is 2.71 bits per heavy atom. The van der Waals surface area contributed by atoms with Gasteiger partial charge in [0.1, 0.15) is 0 Å². The van der Waals surface area contributed by atoms with Crippen LogP contribution in [0, 0.1) is 0 Å². The van der Waals surface area contributed by atoms with Crippen LogP contribution in [-0.2, 0) is 24.7 Å². The second-order valence-electron chi connectivity index (χ2n) is 4.96. The van der Waals surface area contributed by atoms with Gasteiger partial charge in [0, 0.05) is 18.9 Å². The number of benzene rings is 1. The summed E-state index contributed by atoms with van der Waals surface area (Å²) in [6.07, 6.45) is -0.797. The zero-order chi connectivity index (χ0) is 15.3. The zero-order valence-corrected chi connectivity index (χ0v) is 12.5. The Kier molecular flexibility index (Phi) is 3.22. The highest BCUT2D eigenvalue weighted by Gasteiger charge is 2.65. The summed E-state index contributed by atoms with van der Waals surface area (Å²) in [5, 5.41) is 0.0757. The number of esters is 2. The van der Waals surface area contributed by atoms with Crippen LogP contribution >= 0.6 is 23.2 Å². The van der Waals surface area contributed by atoms with Crippen molar-refractivity contribution in [1.82, 2.24) is 0 Å². The van der Waals surface area contributed by atoms with E-state index >= 15 is 0 Å². The van der Waals surface area contributed by atoms with E-state index in [4.69, 9.17) is 32.7 Å². The van der Waals surface area contributed by atoms with Crippen LogP contribution in [0.3, 0.4) is 0 Å². The molecule has 0 radical (unpaired) electrons. The molecule has 0 amide bonds. The predicted molar refractivity (Wildman–Crippen MR) is 76.3 cm³/mol. The number of nitrogens with zero attached hydrogens (tertiary/aromatic N) is 1. The summed E-state index contributed by atoms with van der Waals surface area (Å²) < 4.78 is 10.6. The molecule has 3 aliphatic rings. The molecule has 1 aromatic carbocycles. The van der Waals surface area contributed by atoms with Gasteiger partial charge in [-0.2, -0.15) is 0 Å². The second kappa shape index (κ2) is 4.71. The van der Waals surface area contributed by atoms with Crippen LogP contribution in [0.1, 0.15) is 18.9 Å². The monoisotopic (exact) mass is 327 g/mol. The van der Waals surface area contributed by atoms with E-state index in [1.165, 1.54) is 6.92 Å². The smallest absolute Gasteiger partial charge is 0.354 e. The van der Waals surface area contributed by atoms with Crippen molar-refractivity contribution >= 4 is 40.3 Å². The van der Waals surface area contributed by atoms with Crippen LogP contribution in [-0.4, -0.2) is 28.2 Å². The van der Waals surface area contributed by atoms with E-state index in [9.17, 15) is 9.59 Å². The SMILES string of the molecule is CC(=O)O[C@H]1C[C@]2(c3ccccc3)OC(=O)[C@@]1(Cl)N=C2Cl. The van der Waals surface area contributed by atoms with Crippen molar-refractivity contribution in [3.05, 3.63) is 35.9 Å². The average Bonchev–Trinajstić information content (AvgIpc) is 2.43. The predicted octanol–water partition coefficient (Wildman–Crippen LogP) is 2.35. The lowest BCUT2D eigenvalue weighted by Gasteiger charge is -2.48. The van der Waals surface area contributed by atoms with Crippen LogP contribution in [0.15, 0.2) is 35.3 Å². The number of hydrogen-bond donors (Lipinski definition) is 0. The van der Waals surface area contributed by atoms with Crippen molar-refractivity contribution < 1.29 is 19.1 Å². The van der Waals surface area contributed by atoms with Gasteiger partial charge in [0.05, 0.1) is 0 Å². The molecule has 0 spiro atoms. The lowest BCUT2D eigenvalue weighted by molar-refractivity contribution is -0.185. The molecular formula is C14H11Cl2NO4. The maximum Gasteiger partial charge on any atom is 0.354 e. The summed E-state index contributed by atoms with van der Waals surface area (Å²) in [4.78, 5) is 25.7. The third-order valence-electron chi connectivity index (χ3n) is 3.60. The van der Waals surface area contributed by atoms with Crippen LogP contribution in [0.4, 0.5) is 0 Å². The Bertz CT molecular complexity index is 648. The first-order chi connectivity index (χ1) is 9.88. The Balaban J connectivity index is 2.12. The summed E-state index contributed by atoms with van der Waals surface area (Å²) in [5.74, 6) is -1.31. The molecular weight excluding hydrogens is 317 g/mol. The lowest BCUT2D eigenvalue weighted by Crippen LogP contribution is -2.63. The largest absolute Gasteiger partial charge is 0.458 e. The average molecular weight is 328 g/mol. The number of hydrogen-bond acceptors (Lipinski definition) is 5. The van der Waals surface area contributed by atoms with Gasteiger partial charge in [-0.05, 0) is 0 Å². The van der Waals surface area contributed by atoms with Gasteiger partial charge >= 0.3 is 11.9 Å². The van der Waals surface area contributed by atoms with E-state index in [1.807, 2.05) is 6.07 Å². The first-order valence-electron chi connectivity index (χ1n) is 6.29. The van der Waals surface area contributed by atoms with Gasteiger partial charge in [0.25, 0.3) is 5.00 Å². The third-order valence-corrected chi connectivity index (χ3v) is 4.47. The number of fused-ring (bicyclic) bond motifs is 2. The molecule has 1 aromatic rings. The fourth-order valence-corrected chi connectivity index (χ4v) is 3.25. The number of rotatable bonds is 2. The first kappa shape index (κ1) is 14.4.